The summed E-state index contributed by atoms with van der Waals surface area (Å²) in [6.07, 6.45) is -0.908. The number of carbonyl (C=O) groups is 1. The third-order valence-electron chi connectivity index (χ3n) is 5.39. The van der Waals surface area contributed by atoms with Crippen molar-refractivity contribution in [2.45, 2.75) is 0 Å². The van der Waals surface area contributed by atoms with Crippen LogP contribution in [0.4, 0.5) is 4.79 Å². The lowest BCUT2D eigenvalue weighted by molar-refractivity contribution is 0.120. The number of para-hydroxylation sites is 1. The van der Waals surface area contributed by atoms with E-state index in [1.807, 2.05) is 36.4 Å². The Balaban J connectivity index is 1.55. The minimum atomic E-state index is -0.908. The molecule has 0 bridgehead atoms. The molecule has 3 aromatic carbocycles. The Kier molecular flexibility index (Phi) is 4.72. The molecule has 34 heavy (non-hydrogen) atoms. The highest BCUT2D eigenvalue weighted by Gasteiger charge is 2.25. The molecule has 1 aromatic heterocycles. The van der Waals surface area contributed by atoms with E-state index in [2.05, 4.69) is 4.98 Å². The maximum Gasteiger partial charge on any atom is 0.513 e. The van der Waals surface area contributed by atoms with E-state index in [1.54, 1.807) is 24.3 Å². The number of aromatic nitrogens is 1. The van der Waals surface area contributed by atoms with Crippen molar-refractivity contribution >= 4 is 17.1 Å². The quantitative estimate of drug-likeness (QED) is 0.377. The van der Waals surface area contributed by atoms with Gasteiger partial charge in [-0.15, -0.1) is 0 Å². The second kappa shape index (κ2) is 8.04. The van der Waals surface area contributed by atoms with E-state index < -0.39 is 6.16 Å². The Morgan fingerprint density at radius 1 is 0.853 bits per heavy atom. The van der Waals surface area contributed by atoms with Crippen LogP contribution in [0.5, 0.6) is 40.4 Å². The second-order valence-corrected chi connectivity index (χ2v) is 7.38. The normalized spacial score (nSPS) is 13.1. The molecule has 0 saturated heterocycles. The third kappa shape index (κ3) is 3.43. The molecule has 0 atom stereocenters. The number of methoxy groups -OCH3 is 1. The van der Waals surface area contributed by atoms with Crippen LogP contribution in [0.3, 0.4) is 0 Å². The Labute approximate surface area is 193 Å². The molecule has 0 radical (unpaired) electrons. The molecule has 0 unspecified atom stereocenters. The number of rotatable bonds is 4. The van der Waals surface area contributed by atoms with Crippen molar-refractivity contribution in [2.24, 2.45) is 0 Å². The minimum absolute atomic E-state index is 0.0793. The van der Waals surface area contributed by atoms with Gasteiger partial charge < -0.3 is 33.2 Å². The van der Waals surface area contributed by atoms with E-state index in [4.69, 9.17) is 33.2 Å². The Hall–Kier alpha value is -4.66. The second-order valence-electron chi connectivity index (χ2n) is 7.38. The first kappa shape index (κ1) is 20.0. The summed E-state index contributed by atoms with van der Waals surface area (Å²) in [5, 5.41) is 0.748. The largest absolute Gasteiger partial charge is 0.513 e. The van der Waals surface area contributed by atoms with Crippen LogP contribution in [0.25, 0.3) is 22.0 Å². The van der Waals surface area contributed by atoms with Crippen molar-refractivity contribution in [3.8, 4) is 51.5 Å². The van der Waals surface area contributed by atoms with Crippen LogP contribution >= 0.6 is 0 Å². The zero-order valence-corrected chi connectivity index (χ0v) is 17.9. The topological polar surface area (TPSA) is 94.6 Å². The lowest BCUT2D eigenvalue weighted by atomic mass is 9.99. The van der Waals surface area contributed by atoms with E-state index >= 15 is 0 Å². The highest BCUT2D eigenvalue weighted by molar-refractivity contribution is 6.00. The first-order chi connectivity index (χ1) is 16.7. The van der Waals surface area contributed by atoms with Crippen molar-refractivity contribution in [1.29, 1.82) is 0 Å². The molecular formula is C25H17NO8. The first-order valence-electron chi connectivity index (χ1n) is 10.4. The fourth-order valence-corrected chi connectivity index (χ4v) is 3.85. The zero-order valence-electron chi connectivity index (χ0n) is 17.9. The number of nitrogens with zero attached hydrogens (tertiary/aromatic N) is 1. The van der Waals surface area contributed by atoms with Crippen LogP contribution in [0, 0.1) is 0 Å². The van der Waals surface area contributed by atoms with Crippen LogP contribution in [0.15, 0.2) is 60.7 Å². The van der Waals surface area contributed by atoms with Crippen LogP contribution in [0.1, 0.15) is 0 Å². The van der Waals surface area contributed by atoms with Crippen LogP contribution in [-0.2, 0) is 4.74 Å². The number of hydrogen-bond donors (Lipinski definition) is 0. The van der Waals surface area contributed by atoms with Gasteiger partial charge in [0.1, 0.15) is 5.75 Å². The van der Waals surface area contributed by atoms with Gasteiger partial charge >= 0.3 is 6.16 Å². The molecule has 0 fully saturated rings. The standard InChI is InChI=1S/C25H17NO8/c1-28-25(27)34-23-22(14-6-8-18-20(10-14)31-12-29-18)16-4-2-3-5-17(16)26-24(23)33-15-7-9-19-21(11-15)32-13-30-19/h2-11H,12-13H2,1H3. The van der Waals surface area contributed by atoms with Crippen molar-refractivity contribution in [2.75, 3.05) is 20.7 Å². The number of ether oxygens (including phenoxy) is 7. The van der Waals surface area contributed by atoms with Crippen LogP contribution < -0.4 is 28.4 Å². The molecule has 0 N–H and O–H groups in total. The van der Waals surface area contributed by atoms with Gasteiger partial charge in [-0.05, 0) is 35.9 Å². The molecular weight excluding hydrogens is 442 g/mol. The molecule has 3 heterocycles. The molecule has 9 heteroatoms. The minimum Gasteiger partial charge on any atom is -0.454 e. The molecule has 9 nitrogen and oxygen atoms in total. The predicted octanol–water partition coefficient (Wildman–Crippen LogP) is 5.30. The van der Waals surface area contributed by atoms with Gasteiger partial charge in [-0.25, -0.2) is 9.78 Å². The summed E-state index contributed by atoms with van der Waals surface area (Å²) in [6, 6.07) is 18.1. The van der Waals surface area contributed by atoms with Gasteiger partial charge in [0.2, 0.25) is 19.3 Å². The lowest BCUT2D eigenvalue weighted by Crippen LogP contribution is -2.10. The lowest BCUT2D eigenvalue weighted by Gasteiger charge is -2.17. The molecule has 2 aliphatic rings. The smallest absolute Gasteiger partial charge is 0.454 e. The Bertz CT molecular complexity index is 1430. The molecule has 2 aliphatic heterocycles. The van der Waals surface area contributed by atoms with Gasteiger partial charge in [0, 0.05) is 17.0 Å². The maximum atomic E-state index is 12.2. The van der Waals surface area contributed by atoms with E-state index in [1.165, 1.54) is 7.11 Å². The van der Waals surface area contributed by atoms with Crippen LogP contribution in [-0.4, -0.2) is 31.8 Å². The SMILES string of the molecule is COC(=O)Oc1c(Oc2ccc3c(c2)OCO3)nc2ccccc2c1-c1ccc2c(c1)OCO2. The average Bonchev–Trinajstić information content (AvgIpc) is 3.52. The van der Waals surface area contributed by atoms with Crippen molar-refractivity contribution in [3.63, 3.8) is 0 Å². The van der Waals surface area contributed by atoms with Gasteiger partial charge in [-0.2, -0.15) is 0 Å². The van der Waals surface area contributed by atoms with Gasteiger partial charge in [0.25, 0.3) is 5.88 Å². The molecule has 0 spiro atoms. The fraction of sp³-hybridized carbons (Fsp3) is 0.120. The molecule has 0 aliphatic carbocycles. The monoisotopic (exact) mass is 459 g/mol. The van der Waals surface area contributed by atoms with E-state index in [-0.39, 0.29) is 25.2 Å². The highest BCUT2D eigenvalue weighted by atomic mass is 16.7. The van der Waals surface area contributed by atoms with E-state index in [0.29, 0.717) is 39.8 Å². The average molecular weight is 459 g/mol. The van der Waals surface area contributed by atoms with E-state index in [9.17, 15) is 4.79 Å². The van der Waals surface area contributed by atoms with Gasteiger partial charge in [0.15, 0.2) is 23.0 Å². The first-order valence-corrected chi connectivity index (χ1v) is 10.4. The summed E-state index contributed by atoms with van der Waals surface area (Å²) in [6.45, 7) is 0.276. The summed E-state index contributed by atoms with van der Waals surface area (Å²) < 4.78 is 38.3. The number of benzene rings is 3. The molecule has 6 rings (SSSR count). The molecule has 4 aromatic rings. The van der Waals surface area contributed by atoms with Gasteiger partial charge in [-0.1, -0.05) is 24.3 Å². The van der Waals surface area contributed by atoms with Crippen molar-refractivity contribution in [1.82, 2.24) is 4.98 Å². The maximum absolute atomic E-state index is 12.2. The summed E-state index contributed by atoms with van der Waals surface area (Å²) >= 11 is 0. The summed E-state index contributed by atoms with van der Waals surface area (Å²) in [5.74, 6) is 2.99. The van der Waals surface area contributed by atoms with Crippen molar-refractivity contribution in [3.05, 3.63) is 60.7 Å². The molecule has 0 saturated carbocycles. The summed E-state index contributed by atoms with van der Waals surface area (Å²) in [5.41, 5.74) is 1.95. The third-order valence-corrected chi connectivity index (χ3v) is 5.39. The number of pyridine rings is 1. The Morgan fingerprint density at radius 2 is 1.56 bits per heavy atom. The number of fused-ring (bicyclic) bond motifs is 3. The Morgan fingerprint density at radius 3 is 2.35 bits per heavy atom. The molecule has 170 valence electrons. The fourth-order valence-electron chi connectivity index (χ4n) is 3.85. The van der Waals surface area contributed by atoms with E-state index in [0.717, 1.165) is 10.9 Å². The van der Waals surface area contributed by atoms with Crippen molar-refractivity contribution < 1.29 is 38.0 Å². The van der Waals surface area contributed by atoms with Gasteiger partial charge in [0.05, 0.1) is 12.6 Å². The number of hydrogen-bond acceptors (Lipinski definition) is 9. The van der Waals surface area contributed by atoms with Crippen LogP contribution in [0.2, 0.25) is 0 Å². The number of carbonyl (C=O) groups excluding carboxylic acids is 1. The summed E-state index contributed by atoms with van der Waals surface area (Å²) in [7, 11) is 1.23. The zero-order chi connectivity index (χ0) is 23.1. The predicted molar refractivity (Wildman–Crippen MR) is 119 cm³/mol. The summed E-state index contributed by atoms with van der Waals surface area (Å²) in [4.78, 5) is 16.9. The molecule has 0 amide bonds. The highest BCUT2D eigenvalue weighted by Crippen LogP contribution is 2.47. The van der Waals surface area contributed by atoms with Gasteiger partial charge in [-0.3, -0.25) is 0 Å².